The average Bonchev–Trinajstić information content (AvgIpc) is 2.82. The second-order valence-corrected chi connectivity index (χ2v) is 7.15. The molecule has 0 atom stereocenters. The Hall–Kier alpha value is -3.00. The third-order valence-corrected chi connectivity index (χ3v) is 5.08. The number of amides is 3. The van der Waals surface area contributed by atoms with Crippen LogP contribution < -0.4 is 10.6 Å². The molecule has 0 saturated heterocycles. The van der Waals surface area contributed by atoms with Crippen LogP contribution >= 0.6 is 0 Å². The summed E-state index contributed by atoms with van der Waals surface area (Å²) >= 11 is 0. The standard InChI is InChI=1S/C16H12N2O5S/c19-14(9-24(22,23)11-4-2-1-3-5-11)17-10-6-7-12-13(8-10)16(21)18-15(12)20/h1-8H,9H2,(H,17,19)(H,18,20,21). The lowest BCUT2D eigenvalue weighted by molar-refractivity contribution is -0.113. The number of hydrogen-bond donors (Lipinski definition) is 2. The van der Waals surface area contributed by atoms with Crippen molar-refractivity contribution in [3.8, 4) is 0 Å². The van der Waals surface area contributed by atoms with Gasteiger partial charge < -0.3 is 5.32 Å². The number of nitrogens with one attached hydrogen (secondary N) is 2. The Morgan fingerprint density at radius 1 is 0.958 bits per heavy atom. The molecular formula is C16H12N2O5S. The molecule has 2 aromatic rings. The number of hydrogen-bond acceptors (Lipinski definition) is 5. The zero-order chi connectivity index (χ0) is 17.3. The number of rotatable bonds is 4. The van der Waals surface area contributed by atoms with Crippen molar-refractivity contribution in [2.45, 2.75) is 4.90 Å². The molecule has 2 N–H and O–H groups in total. The van der Waals surface area contributed by atoms with Crippen LogP contribution in [0.3, 0.4) is 0 Å². The van der Waals surface area contributed by atoms with Gasteiger partial charge in [-0.2, -0.15) is 0 Å². The molecule has 2 aromatic carbocycles. The van der Waals surface area contributed by atoms with Crippen LogP contribution in [-0.2, 0) is 14.6 Å². The first kappa shape index (κ1) is 15.9. The van der Waals surface area contributed by atoms with E-state index in [2.05, 4.69) is 10.6 Å². The van der Waals surface area contributed by atoms with Gasteiger partial charge in [-0.25, -0.2) is 8.42 Å². The first-order valence-corrected chi connectivity index (χ1v) is 8.59. The fourth-order valence-electron chi connectivity index (χ4n) is 2.33. The summed E-state index contributed by atoms with van der Waals surface area (Å²) in [6.45, 7) is 0. The van der Waals surface area contributed by atoms with E-state index in [-0.39, 0.29) is 21.7 Å². The molecule has 8 heteroatoms. The van der Waals surface area contributed by atoms with E-state index in [9.17, 15) is 22.8 Å². The van der Waals surface area contributed by atoms with E-state index >= 15 is 0 Å². The van der Waals surface area contributed by atoms with E-state index < -0.39 is 33.3 Å². The van der Waals surface area contributed by atoms with E-state index in [1.807, 2.05) is 0 Å². The molecule has 122 valence electrons. The van der Waals surface area contributed by atoms with E-state index in [1.165, 1.54) is 30.3 Å². The zero-order valence-electron chi connectivity index (χ0n) is 12.3. The molecule has 3 rings (SSSR count). The number of carbonyl (C=O) groups is 3. The molecule has 7 nitrogen and oxygen atoms in total. The quantitative estimate of drug-likeness (QED) is 0.804. The Balaban J connectivity index is 1.76. The molecule has 0 bridgehead atoms. The van der Waals surface area contributed by atoms with Crippen LogP contribution in [0.4, 0.5) is 5.69 Å². The van der Waals surface area contributed by atoms with Crippen molar-refractivity contribution < 1.29 is 22.8 Å². The minimum atomic E-state index is -3.76. The number of carbonyl (C=O) groups excluding carboxylic acids is 3. The molecule has 0 unspecified atom stereocenters. The summed E-state index contributed by atoms with van der Waals surface area (Å²) in [6.07, 6.45) is 0. The van der Waals surface area contributed by atoms with Crippen molar-refractivity contribution >= 4 is 33.2 Å². The highest BCUT2D eigenvalue weighted by Gasteiger charge is 2.27. The van der Waals surface area contributed by atoms with Crippen LogP contribution in [0.2, 0.25) is 0 Å². The van der Waals surface area contributed by atoms with E-state index in [1.54, 1.807) is 18.2 Å². The van der Waals surface area contributed by atoms with Crippen molar-refractivity contribution in [2.75, 3.05) is 11.1 Å². The van der Waals surface area contributed by atoms with Crippen LogP contribution in [0.15, 0.2) is 53.4 Å². The summed E-state index contributed by atoms with van der Waals surface area (Å²) in [4.78, 5) is 35.1. The van der Waals surface area contributed by atoms with Gasteiger partial charge in [0.1, 0.15) is 5.75 Å². The van der Waals surface area contributed by atoms with Crippen LogP contribution in [0, 0.1) is 0 Å². The normalized spacial score (nSPS) is 13.3. The average molecular weight is 344 g/mol. The van der Waals surface area contributed by atoms with Gasteiger partial charge in [0.15, 0.2) is 9.84 Å². The monoisotopic (exact) mass is 344 g/mol. The van der Waals surface area contributed by atoms with Crippen LogP contribution in [0.5, 0.6) is 0 Å². The highest BCUT2D eigenvalue weighted by atomic mass is 32.2. The van der Waals surface area contributed by atoms with Gasteiger partial charge >= 0.3 is 0 Å². The molecule has 0 saturated carbocycles. The second kappa shape index (κ2) is 5.89. The Labute approximate surface area is 137 Å². The summed E-state index contributed by atoms with van der Waals surface area (Å²) < 4.78 is 24.3. The number of benzene rings is 2. The van der Waals surface area contributed by atoms with Gasteiger partial charge in [-0.1, -0.05) is 18.2 Å². The Morgan fingerprint density at radius 3 is 2.33 bits per heavy atom. The highest BCUT2D eigenvalue weighted by molar-refractivity contribution is 7.92. The number of anilines is 1. The van der Waals surface area contributed by atoms with Gasteiger partial charge in [0.25, 0.3) is 11.8 Å². The maximum atomic E-state index is 12.1. The van der Waals surface area contributed by atoms with Crippen molar-refractivity contribution in [1.29, 1.82) is 0 Å². The fraction of sp³-hybridized carbons (Fsp3) is 0.0625. The summed E-state index contributed by atoms with van der Waals surface area (Å²) in [7, 11) is -3.76. The predicted octanol–water partition coefficient (Wildman–Crippen LogP) is 0.983. The minimum absolute atomic E-state index is 0.0547. The first-order valence-electron chi connectivity index (χ1n) is 6.94. The van der Waals surface area contributed by atoms with Gasteiger partial charge in [0.05, 0.1) is 16.0 Å². The van der Waals surface area contributed by atoms with E-state index in [0.717, 1.165) is 0 Å². The van der Waals surface area contributed by atoms with Crippen LogP contribution in [0.1, 0.15) is 20.7 Å². The molecule has 1 aliphatic rings. The van der Waals surface area contributed by atoms with Gasteiger partial charge in [-0.15, -0.1) is 0 Å². The summed E-state index contributed by atoms with van der Waals surface area (Å²) in [6, 6.07) is 11.8. The molecule has 0 aromatic heterocycles. The molecule has 3 amide bonds. The van der Waals surface area contributed by atoms with Crippen molar-refractivity contribution in [1.82, 2.24) is 5.32 Å². The predicted molar refractivity (Wildman–Crippen MR) is 85.4 cm³/mol. The molecule has 0 aliphatic carbocycles. The van der Waals surface area contributed by atoms with Crippen molar-refractivity contribution in [3.05, 3.63) is 59.7 Å². The van der Waals surface area contributed by atoms with E-state index in [4.69, 9.17) is 0 Å². The molecule has 0 fully saturated rings. The molecule has 1 heterocycles. The maximum absolute atomic E-state index is 12.1. The Morgan fingerprint density at radius 2 is 1.62 bits per heavy atom. The van der Waals surface area contributed by atoms with Gasteiger partial charge in [0, 0.05) is 5.69 Å². The number of imide groups is 1. The molecular weight excluding hydrogens is 332 g/mol. The number of sulfone groups is 1. The maximum Gasteiger partial charge on any atom is 0.259 e. The Kier molecular flexibility index (Phi) is 3.90. The van der Waals surface area contributed by atoms with Gasteiger partial charge in [-0.3, -0.25) is 19.7 Å². The first-order chi connectivity index (χ1) is 11.4. The lowest BCUT2D eigenvalue weighted by Gasteiger charge is -2.07. The summed E-state index contributed by atoms with van der Waals surface area (Å²) in [5, 5.41) is 4.56. The molecule has 0 spiro atoms. The fourth-order valence-corrected chi connectivity index (χ4v) is 3.48. The van der Waals surface area contributed by atoms with E-state index in [0.29, 0.717) is 0 Å². The lowest BCUT2D eigenvalue weighted by atomic mass is 10.1. The number of fused-ring (bicyclic) bond motifs is 1. The third kappa shape index (κ3) is 3.04. The summed E-state index contributed by atoms with van der Waals surface area (Å²) in [5.74, 6) is -2.51. The summed E-state index contributed by atoms with van der Waals surface area (Å²) in [5.41, 5.74) is 0.602. The minimum Gasteiger partial charge on any atom is -0.325 e. The lowest BCUT2D eigenvalue weighted by Crippen LogP contribution is -2.23. The zero-order valence-corrected chi connectivity index (χ0v) is 13.1. The smallest absolute Gasteiger partial charge is 0.259 e. The molecule has 1 aliphatic heterocycles. The third-order valence-electron chi connectivity index (χ3n) is 3.44. The molecule has 0 radical (unpaired) electrons. The molecule has 24 heavy (non-hydrogen) atoms. The Bertz CT molecular complexity index is 952. The van der Waals surface area contributed by atoms with Crippen molar-refractivity contribution in [3.63, 3.8) is 0 Å². The largest absolute Gasteiger partial charge is 0.325 e. The SMILES string of the molecule is O=C(CS(=O)(=O)c1ccccc1)Nc1ccc2c(c1)C(=O)NC2=O. The van der Waals surface area contributed by atoms with Crippen molar-refractivity contribution in [2.24, 2.45) is 0 Å². The van der Waals surface area contributed by atoms with Crippen LogP contribution in [-0.4, -0.2) is 31.9 Å². The highest BCUT2D eigenvalue weighted by Crippen LogP contribution is 2.20. The van der Waals surface area contributed by atoms with Gasteiger partial charge in [0.2, 0.25) is 5.91 Å². The topological polar surface area (TPSA) is 109 Å². The van der Waals surface area contributed by atoms with Gasteiger partial charge in [-0.05, 0) is 30.3 Å². The van der Waals surface area contributed by atoms with Crippen LogP contribution in [0.25, 0.3) is 0 Å². The second-order valence-electron chi connectivity index (χ2n) is 5.16.